The van der Waals surface area contributed by atoms with E-state index in [0.29, 0.717) is 12.1 Å². The molecule has 3 N–H and O–H groups in total. The van der Waals surface area contributed by atoms with Crippen LogP contribution in [0.25, 0.3) is 0 Å². The lowest BCUT2D eigenvalue weighted by atomic mass is 9.96. The smallest absolute Gasteiger partial charge is 0.254 e. The third kappa shape index (κ3) is 4.03. The molecule has 144 valence electrons. The van der Waals surface area contributed by atoms with Gasteiger partial charge in [0.2, 0.25) is 10.0 Å². The van der Waals surface area contributed by atoms with E-state index in [1.54, 1.807) is 17.9 Å². The number of aliphatic hydroxyl groups excluding tert-OH is 1. The van der Waals surface area contributed by atoms with Gasteiger partial charge in [0.25, 0.3) is 5.91 Å². The summed E-state index contributed by atoms with van der Waals surface area (Å²) in [7, 11) is -3.92. The number of rotatable bonds is 4. The Balaban J connectivity index is 2.04. The number of primary sulfonamides is 1. The zero-order chi connectivity index (χ0) is 19.6. The van der Waals surface area contributed by atoms with Crippen molar-refractivity contribution in [3.8, 4) is 0 Å². The molecule has 0 aromatic heterocycles. The highest BCUT2D eigenvalue weighted by Gasteiger charge is 2.37. The minimum Gasteiger partial charge on any atom is -0.394 e. The van der Waals surface area contributed by atoms with E-state index >= 15 is 0 Å². The Morgan fingerprint density at radius 2 is 1.96 bits per heavy atom. The number of hydrogen-bond donors (Lipinski definition) is 2. The number of aryl methyl sites for hydroxylation is 1. The molecular weight excluding hydrogens is 368 g/mol. The molecule has 2 aromatic carbocycles. The Morgan fingerprint density at radius 3 is 2.59 bits per heavy atom. The molecule has 1 aliphatic heterocycles. The highest BCUT2D eigenvalue weighted by molar-refractivity contribution is 7.89. The summed E-state index contributed by atoms with van der Waals surface area (Å²) in [5.74, 6) is -0.325. The lowest BCUT2D eigenvalue weighted by Crippen LogP contribution is -2.49. The minimum atomic E-state index is -3.92. The zero-order valence-electron chi connectivity index (χ0n) is 14.9. The summed E-state index contributed by atoms with van der Waals surface area (Å²) in [6, 6.07) is 13.1. The summed E-state index contributed by atoms with van der Waals surface area (Å²) in [5.41, 5.74) is 1.75. The van der Waals surface area contributed by atoms with Gasteiger partial charge in [0, 0.05) is 12.1 Å². The highest BCUT2D eigenvalue weighted by atomic mass is 32.2. The first-order valence-electron chi connectivity index (χ1n) is 8.54. The molecule has 0 radical (unpaired) electrons. The van der Waals surface area contributed by atoms with Crippen LogP contribution in [0.3, 0.4) is 0 Å². The average molecular weight is 390 g/mol. The number of carbonyl (C=O) groups excluding carboxylic acids is 1. The first-order valence-corrected chi connectivity index (χ1v) is 10.1. The van der Waals surface area contributed by atoms with Crippen LogP contribution in [0.4, 0.5) is 0 Å². The van der Waals surface area contributed by atoms with Crippen molar-refractivity contribution in [3.05, 3.63) is 65.2 Å². The van der Waals surface area contributed by atoms with Crippen molar-refractivity contribution < 1.29 is 23.1 Å². The number of ether oxygens (including phenoxy) is 1. The molecule has 2 aromatic rings. The predicted octanol–water partition coefficient (Wildman–Crippen LogP) is 1.22. The fourth-order valence-electron chi connectivity index (χ4n) is 3.32. The van der Waals surface area contributed by atoms with Gasteiger partial charge in [-0.25, -0.2) is 13.6 Å². The molecule has 0 aliphatic carbocycles. The van der Waals surface area contributed by atoms with Crippen LogP contribution < -0.4 is 5.14 Å². The van der Waals surface area contributed by atoms with Crippen molar-refractivity contribution >= 4 is 15.9 Å². The van der Waals surface area contributed by atoms with Crippen molar-refractivity contribution in [2.45, 2.75) is 24.0 Å². The van der Waals surface area contributed by atoms with Crippen LogP contribution in [0.5, 0.6) is 0 Å². The summed E-state index contributed by atoms with van der Waals surface area (Å²) < 4.78 is 29.0. The lowest BCUT2D eigenvalue weighted by Gasteiger charge is -2.41. The van der Waals surface area contributed by atoms with Crippen LogP contribution in [0, 0.1) is 6.92 Å². The van der Waals surface area contributed by atoms with Crippen molar-refractivity contribution in [1.82, 2.24) is 4.90 Å². The molecule has 0 bridgehead atoms. The normalized spacial score (nSPS) is 20.5. The molecule has 2 atom stereocenters. The van der Waals surface area contributed by atoms with Gasteiger partial charge in [0.05, 0.1) is 24.2 Å². The van der Waals surface area contributed by atoms with Gasteiger partial charge in [0.15, 0.2) is 0 Å². The predicted molar refractivity (Wildman–Crippen MR) is 99.6 cm³/mol. The summed E-state index contributed by atoms with van der Waals surface area (Å²) in [6.45, 7) is 2.11. The summed E-state index contributed by atoms with van der Waals surface area (Å²) in [6.07, 6.45) is -0.563. The molecule has 27 heavy (non-hydrogen) atoms. The number of morpholine rings is 1. The van der Waals surface area contributed by atoms with Gasteiger partial charge in [-0.05, 0) is 30.2 Å². The van der Waals surface area contributed by atoms with E-state index in [1.165, 1.54) is 12.1 Å². The first-order chi connectivity index (χ1) is 12.8. The van der Waals surface area contributed by atoms with E-state index < -0.39 is 22.2 Å². The van der Waals surface area contributed by atoms with Gasteiger partial charge in [-0.3, -0.25) is 4.79 Å². The van der Waals surface area contributed by atoms with Crippen molar-refractivity contribution in [1.29, 1.82) is 0 Å². The second kappa shape index (κ2) is 7.77. The molecule has 0 unspecified atom stereocenters. The lowest BCUT2D eigenvalue weighted by molar-refractivity contribution is -0.0811. The maximum atomic E-state index is 13.3. The molecule has 1 amide bonds. The highest BCUT2D eigenvalue weighted by Crippen LogP contribution is 2.31. The molecule has 3 rings (SSSR count). The minimum absolute atomic E-state index is 0.111. The third-order valence-corrected chi connectivity index (χ3v) is 5.61. The van der Waals surface area contributed by atoms with Crippen LogP contribution in [-0.2, 0) is 14.8 Å². The third-order valence-electron chi connectivity index (χ3n) is 4.70. The molecule has 8 heteroatoms. The van der Waals surface area contributed by atoms with Crippen molar-refractivity contribution in [2.75, 3.05) is 19.8 Å². The number of aliphatic hydroxyl groups is 1. The molecule has 7 nitrogen and oxygen atoms in total. The van der Waals surface area contributed by atoms with E-state index in [2.05, 4.69) is 0 Å². The second-order valence-corrected chi connectivity index (χ2v) is 8.03. The van der Waals surface area contributed by atoms with Gasteiger partial charge >= 0.3 is 0 Å². The van der Waals surface area contributed by atoms with Crippen LogP contribution in [0.1, 0.15) is 27.5 Å². The average Bonchev–Trinajstić information content (AvgIpc) is 2.67. The molecule has 0 spiro atoms. The fraction of sp³-hybridized carbons (Fsp3) is 0.316. The van der Waals surface area contributed by atoms with Crippen LogP contribution in [0.2, 0.25) is 0 Å². The van der Waals surface area contributed by atoms with E-state index in [9.17, 15) is 18.3 Å². The zero-order valence-corrected chi connectivity index (χ0v) is 15.7. The van der Waals surface area contributed by atoms with Crippen molar-refractivity contribution in [2.24, 2.45) is 5.14 Å². The second-order valence-electron chi connectivity index (χ2n) is 6.47. The quantitative estimate of drug-likeness (QED) is 0.816. The number of nitrogens with two attached hydrogens (primary N) is 1. The fourth-order valence-corrected chi connectivity index (χ4v) is 3.86. The Hall–Kier alpha value is -2.26. The molecule has 1 heterocycles. The maximum absolute atomic E-state index is 13.3. The van der Waals surface area contributed by atoms with Crippen LogP contribution in [0.15, 0.2) is 53.4 Å². The Morgan fingerprint density at radius 1 is 1.26 bits per heavy atom. The Bertz CT molecular complexity index is 930. The molecule has 1 fully saturated rings. The summed E-state index contributed by atoms with van der Waals surface area (Å²) in [4.78, 5) is 14.8. The first kappa shape index (κ1) is 19.5. The summed E-state index contributed by atoms with van der Waals surface area (Å²) in [5, 5.41) is 14.9. The van der Waals surface area contributed by atoms with Gasteiger partial charge < -0.3 is 14.7 Å². The number of sulfonamides is 1. The topological polar surface area (TPSA) is 110 Å². The van der Waals surface area contributed by atoms with Gasteiger partial charge in [-0.1, -0.05) is 36.4 Å². The van der Waals surface area contributed by atoms with Crippen LogP contribution in [-0.4, -0.2) is 50.2 Å². The van der Waals surface area contributed by atoms with E-state index in [1.807, 2.05) is 30.3 Å². The van der Waals surface area contributed by atoms with E-state index in [4.69, 9.17) is 9.88 Å². The Labute approximate surface area is 158 Å². The van der Waals surface area contributed by atoms with E-state index in [0.717, 1.165) is 5.56 Å². The number of amides is 1. The monoisotopic (exact) mass is 390 g/mol. The molecular formula is C19H22N2O5S. The maximum Gasteiger partial charge on any atom is 0.254 e. The SMILES string of the molecule is Cc1ccc(S(N)(=O)=O)cc1C(=O)N1CCO[C@@H](CO)[C@@H]1c1ccccc1. The standard InChI is InChI=1S/C19H22N2O5S/c1-13-7-8-15(27(20,24)25)11-16(13)19(23)21-9-10-26-17(12-22)18(21)14-5-3-2-4-6-14/h2-8,11,17-18,22H,9-10,12H2,1H3,(H2,20,24,25)/t17-,18-/m0/s1. The van der Waals surface area contributed by atoms with Gasteiger partial charge in [-0.15, -0.1) is 0 Å². The number of hydrogen-bond acceptors (Lipinski definition) is 5. The van der Waals surface area contributed by atoms with Gasteiger partial charge in [0.1, 0.15) is 6.10 Å². The van der Waals surface area contributed by atoms with E-state index in [-0.39, 0.29) is 29.6 Å². The molecule has 1 saturated heterocycles. The number of carbonyl (C=O) groups is 1. The molecule has 1 aliphatic rings. The van der Waals surface area contributed by atoms with Crippen molar-refractivity contribution in [3.63, 3.8) is 0 Å². The van der Waals surface area contributed by atoms with Gasteiger partial charge in [-0.2, -0.15) is 0 Å². The number of nitrogens with zero attached hydrogens (tertiary/aromatic N) is 1. The van der Waals surface area contributed by atoms with Crippen LogP contribution >= 0.6 is 0 Å². The summed E-state index contributed by atoms with van der Waals surface area (Å²) >= 11 is 0. The largest absolute Gasteiger partial charge is 0.394 e. The Kier molecular flexibility index (Phi) is 5.61. The molecule has 0 saturated carbocycles. The number of benzene rings is 2.